The SMILES string of the molecule is COc1ccc(OCc2nnc(C)o2)cc1CN1CCCN(c2ncccn2)CC1. The van der Waals surface area contributed by atoms with Crippen molar-refractivity contribution in [2.24, 2.45) is 0 Å². The molecule has 0 N–H and O–H groups in total. The number of nitrogens with zero attached hydrogens (tertiary/aromatic N) is 6. The van der Waals surface area contributed by atoms with Gasteiger partial charge in [-0.15, -0.1) is 10.2 Å². The molecule has 9 heteroatoms. The normalized spacial score (nSPS) is 15.1. The first kappa shape index (κ1) is 20.1. The average molecular weight is 410 g/mol. The molecule has 30 heavy (non-hydrogen) atoms. The molecular formula is C21H26N6O3. The van der Waals surface area contributed by atoms with Crippen LogP contribution in [0.15, 0.2) is 41.1 Å². The van der Waals surface area contributed by atoms with E-state index in [1.165, 1.54) is 0 Å². The number of hydrogen-bond donors (Lipinski definition) is 0. The highest BCUT2D eigenvalue weighted by atomic mass is 16.5. The van der Waals surface area contributed by atoms with Gasteiger partial charge in [0.15, 0.2) is 6.61 Å². The minimum absolute atomic E-state index is 0.238. The summed E-state index contributed by atoms with van der Waals surface area (Å²) >= 11 is 0. The summed E-state index contributed by atoms with van der Waals surface area (Å²) < 4.78 is 16.8. The summed E-state index contributed by atoms with van der Waals surface area (Å²) in [4.78, 5) is 13.4. The maximum absolute atomic E-state index is 5.84. The predicted molar refractivity (Wildman–Crippen MR) is 111 cm³/mol. The predicted octanol–water partition coefficient (Wildman–Crippen LogP) is 2.47. The number of methoxy groups -OCH3 is 1. The lowest BCUT2D eigenvalue weighted by Gasteiger charge is -2.22. The van der Waals surface area contributed by atoms with Crippen LogP contribution in [0.5, 0.6) is 11.5 Å². The Balaban J connectivity index is 1.40. The lowest BCUT2D eigenvalue weighted by molar-refractivity contribution is 0.256. The minimum Gasteiger partial charge on any atom is -0.496 e. The standard InChI is InChI=1S/C21H26N6O3/c1-16-24-25-20(30-16)15-29-18-5-6-19(28-2)17(13-18)14-26-9-4-10-27(12-11-26)21-22-7-3-8-23-21/h3,5-8,13H,4,9-12,14-15H2,1-2H3. The zero-order chi connectivity index (χ0) is 20.8. The Morgan fingerprint density at radius 1 is 1.07 bits per heavy atom. The third kappa shape index (κ3) is 5.04. The van der Waals surface area contributed by atoms with Gasteiger partial charge in [0.1, 0.15) is 11.5 Å². The van der Waals surface area contributed by atoms with Crippen molar-refractivity contribution in [2.75, 3.05) is 38.2 Å². The fraction of sp³-hybridized carbons (Fsp3) is 0.429. The Bertz CT molecular complexity index is 949. The molecule has 158 valence electrons. The van der Waals surface area contributed by atoms with Crippen LogP contribution in [0.4, 0.5) is 5.95 Å². The number of rotatable bonds is 7. The second-order valence-electron chi connectivity index (χ2n) is 7.14. The van der Waals surface area contributed by atoms with Crippen LogP contribution in [0.1, 0.15) is 23.8 Å². The maximum atomic E-state index is 5.84. The van der Waals surface area contributed by atoms with E-state index in [1.807, 2.05) is 24.3 Å². The van der Waals surface area contributed by atoms with Crippen LogP contribution in [0.25, 0.3) is 0 Å². The van der Waals surface area contributed by atoms with Gasteiger partial charge in [-0.1, -0.05) is 0 Å². The Kier molecular flexibility index (Phi) is 6.38. The first-order valence-electron chi connectivity index (χ1n) is 10.0. The van der Waals surface area contributed by atoms with Gasteiger partial charge in [0, 0.05) is 57.6 Å². The molecule has 0 aliphatic carbocycles. The van der Waals surface area contributed by atoms with Gasteiger partial charge < -0.3 is 18.8 Å². The Labute approximate surface area is 175 Å². The van der Waals surface area contributed by atoms with Crippen molar-refractivity contribution in [1.82, 2.24) is 25.1 Å². The first-order valence-corrected chi connectivity index (χ1v) is 10.0. The monoisotopic (exact) mass is 410 g/mol. The van der Waals surface area contributed by atoms with Crippen LogP contribution in [0, 0.1) is 6.92 Å². The number of anilines is 1. The number of aryl methyl sites for hydroxylation is 1. The minimum atomic E-state index is 0.238. The van der Waals surface area contributed by atoms with Crippen LogP contribution in [-0.2, 0) is 13.2 Å². The molecule has 1 fully saturated rings. The topological polar surface area (TPSA) is 89.6 Å². The highest BCUT2D eigenvalue weighted by Crippen LogP contribution is 2.26. The number of ether oxygens (including phenoxy) is 2. The Morgan fingerprint density at radius 2 is 1.93 bits per heavy atom. The summed E-state index contributed by atoms with van der Waals surface area (Å²) in [6.45, 7) is 6.54. The molecular weight excluding hydrogens is 384 g/mol. The van der Waals surface area contributed by atoms with Crippen LogP contribution in [0.3, 0.4) is 0 Å². The zero-order valence-electron chi connectivity index (χ0n) is 17.3. The van der Waals surface area contributed by atoms with E-state index in [2.05, 4.69) is 30.0 Å². The molecule has 0 unspecified atom stereocenters. The van der Waals surface area contributed by atoms with Crippen LogP contribution < -0.4 is 14.4 Å². The fourth-order valence-corrected chi connectivity index (χ4v) is 3.53. The first-order chi connectivity index (χ1) is 14.7. The average Bonchev–Trinajstić information content (AvgIpc) is 3.05. The van der Waals surface area contributed by atoms with Crippen molar-refractivity contribution in [3.63, 3.8) is 0 Å². The largest absolute Gasteiger partial charge is 0.496 e. The lowest BCUT2D eigenvalue weighted by atomic mass is 10.1. The van der Waals surface area contributed by atoms with Gasteiger partial charge >= 0.3 is 0 Å². The van der Waals surface area contributed by atoms with Gasteiger partial charge in [-0.3, -0.25) is 4.90 Å². The molecule has 3 aromatic rings. The second-order valence-corrected chi connectivity index (χ2v) is 7.14. The van der Waals surface area contributed by atoms with Gasteiger partial charge in [-0.25, -0.2) is 9.97 Å². The van der Waals surface area contributed by atoms with Gasteiger partial charge in [-0.2, -0.15) is 0 Å². The highest BCUT2D eigenvalue weighted by Gasteiger charge is 2.18. The van der Waals surface area contributed by atoms with Gasteiger partial charge in [-0.05, 0) is 30.7 Å². The summed E-state index contributed by atoms with van der Waals surface area (Å²) in [5.41, 5.74) is 1.08. The van der Waals surface area contributed by atoms with E-state index in [0.717, 1.165) is 62.2 Å². The van der Waals surface area contributed by atoms with Crippen molar-refractivity contribution in [3.8, 4) is 11.5 Å². The highest BCUT2D eigenvalue weighted by molar-refractivity contribution is 5.40. The summed E-state index contributed by atoms with van der Waals surface area (Å²) in [5.74, 6) is 3.38. The summed E-state index contributed by atoms with van der Waals surface area (Å²) in [6.07, 6.45) is 4.63. The molecule has 4 rings (SSSR count). The fourth-order valence-electron chi connectivity index (χ4n) is 3.53. The molecule has 0 bridgehead atoms. The molecule has 0 saturated carbocycles. The van der Waals surface area contributed by atoms with E-state index < -0.39 is 0 Å². The van der Waals surface area contributed by atoms with E-state index in [4.69, 9.17) is 13.9 Å². The van der Waals surface area contributed by atoms with Crippen LogP contribution in [0.2, 0.25) is 0 Å². The van der Waals surface area contributed by atoms with Crippen molar-refractivity contribution in [1.29, 1.82) is 0 Å². The Morgan fingerprint density at radius 3 is 2.70 bits per heavy atom. The number of benzene rings is 1. The van der Waals surface area contributed by atoms with Crippen molar-refractivity contribution in [2.45, 2.75) is 26.5 Å². The quantitative estimate of drug-likeness (QED) is 0.582. The van der Waals surface area contributed by atoms with E-state index in [-0.39, 0.29) is 6.61 Å². The third-order valence-electron chi connectivity index (χ3n) is 5.00. The second kappa shape index (κ2) is 9.53. The summed E-state index contributed by atoms with van der Waals surface area (Å²) in [6, 6.07) is 7.69. The molecule has 0 amide bonds. The molecule has 0 atom stereocenters. The molecule has 1 aliphatic heterocycles. The summed E-state index contributed by atoms with van der Waals surface area (Å²) in [7, 11) is 1.69. The van der Waals surface area contributed by atoms with Gasteiger partial charge in [0.2, 0.25) is 11.8 Å². The van der Waals surface area contributed by atoms with Crippen molar-refractivity contribution >= 4 is 5.95 Å². The molecule has 1 saturated heterocycles. The van der Waals surface area contributed by atoms with Gasteiger partial charge in [0.05, 0.1) is 7.11 Å². The van der Waals surface area contributed by atoms with E-state index in [0.29, 0.717) is 11.8 Å². The molecule has 2 aromatic heterocycles. The number of hydrogen-bond acceptors (Lipinski definition) is 9. The molecule has 0 radical (unpaired) electrons. The molecule has 9 nitrogen and oxygen atoms in total. The number of aromatic nitrogens is 4. The molecule has 1 aliphatic rings. The van der Waals surface area contributed by atoms with Crippen molar-refractivity contribution in [3.05, 3.63) is 54.0 Å². The maximum Gasteiger partial charge on any atom is 0.253 e. The molecule has 1 aromatic carbocycles. The van der Waals surface area contributed by atoms with E-state index >= 15 is 0 Å². The van der Waals surface area contributed by atoms with Crippen LogP contribution in [-0.4, -0.2) is 58.4 Å². The smallest absolute Gasteiger partial charge is 0.253 e. The van der Waals surface area contributed by atoms with E-state index in [1.54, 1.807) is 26.4 Å². The third-order valence-corrected chi connectivity index (χ3v) is 5.00. The molecule has 3 heterocycles. The molecule has 0 spiro atoms. The van der Waals surface area contributed by atoms with Gasteiger partial charge in [0.25, 0.3) is 5.89 Å². The lowest BCUT2D eigenvalue weighted by Crippen LogP contribution is -2.31. The van der Waals surface area contributed by atoms with Crippen molar-refractivity contribution < 1.29 is 13.9 Å². The zero-order valence-corrected chi connectivity index (χ0v) is 17.3. The van der Waals surface area contributed by atoms with Crippen LogP contribution >= 0.6 is 0 Å². The van der Waals surface area contributed by atoms with E-state index in [9.17, 15) is 0 Å². The Hall–Kier alpha value is -3.20. The summed E-state index contributed by atoms with van der Waals surface area (Å²) in [5, 5.41) is 7.79.